The van der Waals surface area contributed by atoms with E-state index in [1.54, 1.807) is 24.8 Å². The molecule has 1 aliphatic heterocycles. The lowest BCUT2D eigenvalue weighted by Gasteiger charge is -2.28. The van der Waals surface area contributed by atoms with Crippen LogP contribution >= 0.6 is 0 Å². The molecule has 4 aromatic rings. The average Bonchev–Trinajstić information content (AvgIpc) is 3.17. The number of hydrogen-bond acceptors (Lipinski definition) is 5. The maximum absolute atomic E-state index is 13.1. The third kappa shape index (κ3) is 3.75. The maximum Gasteiger partial charge on any atom is 0.416 e. The third-order valence-corrected chi connectivity index (χ3v) is 5.82. The van der Waals surface area contributed by atoms with Gasteiger partial charge in [0.25, 0.3) is 0 Å². The summed E-state index contributed by atoms with van der Waals surface area (Å²) < 4.78 is 44.7. The Morgan fingerprint density at radius 3 is 2.84 bits per heavy atom. The molecule has 0 bridgehead atoms. The molecule has 2 unspecified atom stereocenters. The molecule has 1 fully saturated rings. The Morgan fingerprint density at radius 1 is 1.16 bits per heavy atom. The highest BCUT2D eigenvalue weighted by Gasteiger charge is 2.31. The van der Waals surface area contributed by atoms with Crippen LogP contribution in [-0.2, 0) is 17.3 Å². The van der Waals surface area contributed by atoms with E-state index in [1.807, 2.05) is 0 Å². The summed E-state index contributed by atoms with van der Waals surface area (Å²) in [5, 5.41) is 1.43. The Bertz CT molecular complexity index is 1250. The molecule has 1 saturated heterocycles. The molecule has 160 valence electrons. The molecule has 1 aliphatic rings. The van der Waals surface area contributed by atoms with Crippen LogP contribution in [0.5, 0.6) is 0 Å². The first-order valence-electron chi connectivity index (χ1n) is 10.0. The number of nitrogens with two attached hydrogens (primary N) is 1. The molecule has 3 aromatic heterocycles. The molecule has 0 aliphatic carbocycles. The standard InChI is InChI=1S/C22H20F3N5O/c23-22(24,25)14-1-2-15-16(10-28-19(15)6-14)17-9-27-7-13-8-29-20(30-21(13)17)5-12-11-31-4-3-18(12)26/h1-2,6-10,12,18,28H,3-5,11,26H2. The van der Waals surface area contributed by atoms with E-state index in [9.17, 15) is 13.2 Å². The van der Waals surface area contributed by atoms with Crippen molar-refractivity contribution in [2.75, 3.05) is 13.2 Å². The van der Waals surface area contributed by atoms with Crippen molar-refractivity contribution >= 4 is 21.8 Å². The number of aromatic amines is 1. The SMILES string of the molecule is NC1CCOCC1Cc1ncc2cncc(-c3c[nH]c4cc(C(F)(F)F)ccc34)c2n1. The predicted molar refractivity (Wildman–Crippen MR) is 110 cm³/mol. The number of alkyl halides is 3. The van der Waals surface area contributed by atoms with Gasteiger partial charge in [-0.3, -0.25) is 4.98 Å². The van der Waals surface area contributed by atoms with E-state index in [2.05, 4.69) is 15.0 Å². The molecule has 0 saturated carbocycles. The van der Waals surface area contributed by atoms with Gasteiger partial charge in [-0.1, -0.05) is 6.07 Å². The number of fused-ring (bicyclic) bond motifs is 2. The predicted octanol–water partition coefficient (Wildman–Crippen LogP) is 4.10. The van der Waals surface area contributed by atoms with Crippen LogP contribution in [0.4, 0.5) is 13.2 Å². The summed E-state index contributed by atoms with van der Waals surface area (Å²) in [7, 11) is 0. The lowest BCUT2D eigenvalue weighted by Crippen LogP contribution is -2.40. The second-order valence-corrected chi connectivity index (χ2v) is 7.86. The second-order valence-electron chi connectivity index (χ2n) is 7.86. The van der Waals surface area contributed by atoms with Crippen molar-refractivity contribution in [1.82, 2.24) is 19.9 Å². The zero-order valence-corrected chi connectivity index (χ0v) is 16.5. The first-order chi connectivity index (χ1) is 14.9. The van der Waals surface area contributed by atoms with Crippen molar-refractivity contribution in [2.45, 2.75) is 25.1 Å². The minimum atomic E-state index is -4.40. The van der Waals surface area contributed by atoms with Crippen LogP contribution in [0.3, 0.4) is 0 Å². The number of nitrogens with zero attached hydrogens (tertiary/aromatic N) is 3. The van der Waals surface area contributed by atoms with E-state index in [0.717, 1.165) is 35.1 Å². The van der Waals surface area contributed by atoms with Gasteiger partial charge in [-0.05, 0) is 18.6 Å². The molecule has 9 heteroatoms. The molecule has 0 radical (unpaired) electrons. The highest BCUT2D eigenvalue weighted by Crippen LogP contribution is 2.36. The number of H-pyrrole nitrogens is 1. The molecule has 0 amide bonds. The summed E-state index contributed by atoms with van der Waals surface area (Å²) in [5.74, 6) is 0.801. The number of benzene rings is 1. The van der Waals surface area contributed by atoms with E-state index in [1.165, 1.54) is 6.07 Å². The maximum atomic E-state index is 13.1. The molecule has 5 rings (SSSR count). The molecular formula is C22H20F3N5O. The van der Waals surface area contributed by atoms with Crippen LogP contribution in [0, 0.1) is 5.92 Å². The van der Waals surface area contributed by atoms with Crippen LogP contribution in [0.2, 0.25) is 0 Å². The van der Waals surface area contributed by atoms with Gasteiger partial charge in [-0.15, -0.1) is 0 Å². The fourth-order valence-electron chi connectivity index (χ4n) is 4.07. The monoisotopic (exact) mass is 427 g/mol. The van der Waals surface area contributed by atoms with Crippen LogP contribution in [0.1, 0.15) is 17.8 Å². The fourth-order valence-corrected chi connectivity index (χ4v) is 4.07. The van der Waals surface area contributed by atoms with Crippen LogP contribution in [0.15, 0.2) is 43.0 Å². The van der Waals surface area contributed by atoms with Crippen molar-refractivity contribution in [3.8, 4) is 11.1 Å². The van der Waals surface area contributed by atoms with Gasteiger partial charge in [0, 0.05) is 77.2 Å². The van der Waals surface area contributed by atoms with Crippen molar-refractivity contribution in [1.29, 1.82) is 0 Å². The van der Waals surface area contributed by atoms with Crippen LogP contribution < -0.4 is 5.73 Å². The molecular weight excluding hydrogens is 407 g/mol. The normalized spacial score (nSPS) is 19.9. The van der Waals surface area contributed by atoms with E-state index in [-0.39, 0.29) is 12.0 Å². The van der Waals surface area contributed by atoms with E-state index in [0.29, 0.717) is 41.9 Å². The molecule has 3 N–H and O–H groups in total. The largest absolute Gasteiger partial charge is 0.416 e. The van der Waals surface area contributed by atoms with Gasteiger partial charge >= 0.3 is 6.18 Å². The van der Waals surface area contributed by atoms with Gasteiger partial charge in [0.05, 0.1) is 17.7 Å². The highest BCUT2D eigenvalue weighted by atomic mass is 19.4. The lowest BCUT2D eigenvalue weighted by atomic mass is 9.93. The summed E-state index contributed by atoms with van der Waals surface area (Å²) in [4.78, 5) is 16.5. The molecule has 6 nitrogen and oxygen atoms in total. The van der Waals surface area contributed by atoms with Gasteiger partial charge in [-0.25, -0.2) is 9.97 Å². The lowest BCUT2D eigenvalue weighted by molar-refractivity contribution is -0.137. The molecule has 0 spiro atoms. The smallest absolute Gasteiger partial charge is 0.381 e. The van der Waals surface area contributed by atoms with Gasteiger partial charge < -0.3 is 15.5 Å². The molecule has 1 aromatic carbocycles. The topological polar surface area (TPSA) is 89.7 Å². The first kappa shape index (κ1) is 19.9. The highest BCUT2D eigenvalue weighted by molar-refractivity contribution is 6.03. The number of aromatic nitrogens is 4. The van der Waals surface area contributed by atoms with Crippen molar-refractivity contribution in [3.63, 3.8) is 0 Å². The quantitative estimate of drug-likeness (QED) is 0.514. The minimum absolute atomic E-state index is 0.0430. The Kier molecular flexibility index (Phi) is 4.86. The molecule has 4 heterocycles. The summed E-state index contributed by atoms with van der Waals surface area (Å²) >= 11 is 0. The van der Waals surface area contributed by atoms with E-state index < -0.39 is 11.7 Å². The Hall–Kier alpha value is -3.04. The summed E-state index contributed by atoms with van der Waals surface area (Å²) in [6, 6.07) is 3.72. The number of rotatable bonds is 3. The number of halogens is 3. The van der Waals surface area contributed by atoms with E-state index in [4.69, 9.17) is 15.5 Å². The van der Waals surface area contributed by atoms with Gasteiger partial charge in [0.15, 0.2) is 0 Å². The summed E-state index contributed by atoms with van der Waals surface area (Å²) in [5.41, 5.74) is 8.10. The van der Waals surface area contributed by atoms with Crippen molar-refractivity contribution in [3.05, 3.63) is 54.4 Å². The van der Waals surface area contributed by atoms with Crippen molar-refractivity contribution in [2.24, 2.45) is 11.7 Å². The van der Waals surface area contributed by atoms with Gasteiger partial charge in [-0.2, -0.15) is 13.2 Å². The van der Waals surface area contributed by atoms with Crippen LogP contribution in [-0.4, -0.2) is 39.2 Å². The number of pyridine rings is 1. The average molecular weight is 427 g/mol. The Labute approximate surface area is 175 Å². The van der Waals surface area contributed by atoms with Crippen LogP contribution in [0.25, 0.3) is 32.9 Å². The minimum Gasteiger partial charge on any atom is -0.381 e. The van der Waals surface area contributed by atoms with E-state index >= 15 is 0 Å². The Balaban J connectivity index is 1.57. The van der Waals surface area contributed by atoms with Gasteiger partial charge in [0.2, 0.25) is 0 Å². The molecule has 2 atom stereocenters. The number of nitrogens with one attached hydrogen (secondary N) is 1. The Morgan fingerprint density at radius 2 is 2.03 bits per heavy atom. The zero-order valence-electron chi connectivity index (χ0n) is 16.5. The first-order valence-corrected chi connectivity index (χ1v) is 10.0. The summed E-state index contributed by atoms with van der Waals surface area (Å²) in [6.45, 7) is 1.25. The fraction of sp³-hybridized carbons (Fsp3) is 0.318. The third-order valence-electron chi connectivity index (χ3n) is 5.82. The number of ether oxygens (including phenoxy) is 1. The van der Waals surface area contributed by atoms with Crippen molar-refractivity contribution < 1.29 is 17.9 Å². The molecule has 31 heavy (non-hydrogen) atoms. The second kappa shape index (κ2) is 7.58. The van der Waals surface area contributed by atoms with Gasteiger partial charge in [0.1, 0.15) is 5.82 Å². The summed E-state index contributed by atoms with van der Waals surface area (Å²) in [6.07, 6.45) is 3.77. The zero-order chi connectivity index (χ0) is 21.6. The number of hydrogen-bond donors (Lipinski definition) is 2.